The van der Waals surface area contributed by atoms with Gasteiger partial charge in [0.05, 0.1) is 30.1 Å². The van der Waals surface area contributed by atoms with E-state index in [-0.39, 0.29) is 11.9 Å². The molecule has 0 bridgehead atoms. The smallest absolute Gasteiger partial charge is 0.224 e. The third-order valence-corrected chi connectivity index (χ3v) is 7.73. The molecule has 0 spiro atoms. The summed E-state index contributed by atoms with van der Waals surface area (Å²) in [4.78, 5) is 17.9. The molecule has 5 nitrogen and oxygen atoms in total. The molecule has 0 aliphatic carbocycles. The molecule has 1 N–H and O–H groups in total. The van der Waals surface area contributed by atoms with E-state index in [9.17, 15) is 4.79 Å². The number of hydrogen-bond acceptors (Lipinski definition) is 3. The summed E-state index contributed by atoms with van der Waals surface area (Å²) >= 11 is 0. The molecule has 5 heteroatoms. The number of ether oxygens (including phenoxy) is 1. The maximum Gasteiger partial charge on any atom is 0.224 e. The van der Waals surface area contributed by atoms with Gasteiger partial charge in [0, 0.05) is 6.54 Å². The minimum atomic E-state index is -0.229. The highest BCUT2D eigenvalue weighted by Gasteiger charge is 2.18. The third-order valence-electron chi connectivity index (χ3n) is 7.73. The lowest BCUT2D eigenvalue weighted by Crippen LogP contribution is -2.30. The summed E-state index contributed by atoms with van der Waals surface area (Å²) in [5.74, 6) is 2.29. The van der Waals surface area contributed by atoms with Gasteiger partial charge in [0.1, 0.15) is 11.6 Å². The number of aromatic nitrogens is 2. The van der Waals surface area contributed by atoms with E-state index in [1.165, 1.54) is 11.1 Å². The lowest BCUT2D eigenvalue weighted by atomic mass is 9.99. The van der Waals surface area contributed by atoms with E-state index in [1.807, 2.05) is 55.5 Å². The second-order valence-electron chi connectivity index (χ2n) is 10.7. The van der Waals surface area contributed by atoms with Crippen LogP contribution >= 0.6 is 0 Å². The molecule has 0 aliphatic heterocycles. The Kier molecular flexibility index (Phi) is 9.15. The molecule has 1 aromatic heterocycles. The summed E-state index contributed by atoms with van der Waals surface area (Å²) < 4.78 is 8.26. The first-order chi connectivity index (χ1) is 20.0. The van der Waals surface area contributed by atoms with Gasteiger partial charge in [0.15, 0.2) is 0 Å². The monoisotopic (exact) mass is 545 g/mol. The number of benzene rings is 4. The van der Waals surface area contributed by atoms with Crippen LogP contribution in [0.2, 0.25) is 0 Å². The van der Waals surface area contributed by atoms with Gasteiger partial charge in [-0.15, -0.1) is 0 Å². The fourth-order valence-corrected chi connectivity index (χ4v) is 5.19. The van der Waals surface area contributed by atoms with Crippen LogP contribution in [0, 0.1) is 0 Å². The largest absolute Gasteiger partial charge is 0.494 e. The van der Waals surface area contributed by atoms with Gasteiger partial charge in [0.25, 0.3) is 0 Å². The Morgan fingerprint density at radius 1 is 0.854 bits per heavy atom. The average molecular weight is 546 g/mol. The SMILES string of the molecule is CCC(C)c1ccc(OCCCn2c(C(C)NC(=O)Cc3ccc(-c4ccccc4)cc3)nc3ccccc32)cc1. The lowest BCUT2D eigenvalue weighted by Gasteiger charge is -2.17. The molecule has 1 heterocycles. The Balaban J connectivity index is 1.20. The van der Waals surface area contributed by atoms with Crippen molar-refractivity contribution >= 4 is 16.9 Å². The second kappa shape index (κ2) is 13.3. The zero-order chi connectivity index (χ0) is 28.6. The zero-order valence-corrected chi connectivity index (χ0v) is 24.2. The first-order valence-corrected chi connectivity index (χ1v) is 14.6. The number of nitrogens with zero attached hydrogens (tertiary/aromatic N) is 2. The van der Waals surface area contributed by atoms with E-state index in [4.69, 9.17) is 9.72 Å². The fraction of sp³-hybridized carbons (Fsp3) is 0.278. The first kappa shape index (κ1) is 28.2. The summed E-state index contributed by atoms with van der Waals surface area (Å²) in [6.07, 6.45) is 2.28. The van der Waals surface area contributed by atoms with Gasteiger partial charge in [-0.2, -0.15) is 0 Å². The Morgan fingerprint density at radius 3 is 2.27 bits per heavy atom. The van der Waals surface area contributed by atoms with Crippen molar-refractivity contribution < 1.29 is 9.53 Å². The van der Waals surface area contributed by atoms with Gasteiger partial charge in [0.2, 0.25) is 5.91 Å². The normalized spacial score (nSPS) is 12.7. The van der Waals surface area contributed by atoms with Crippen LogP contribution in [0.5, 0.6) is 5.75 Å². The van der Waals surface area contributed by atoms with Crippen molar-refractivity contribution in [2.75, 3.05) is 6.61 Å². The van der Waals surface area contributed by atoms with Crippen molar-refractivity contribution in [3.05, 3.63) is 120 Å². The maximum atomic E-state index is 13.0. The fourth-order valence-electron chi connectivity index (χ4n) is 5.19. The highest BCUT2D eigenvalue weighted by molar-refractivity contribution is 5.80. The van der Waals surface area contributed by atoms with Crippen LogP contribution in [0.15, 0.2) is 103 Å². The molecule has 0 saturated heterocycles. The number of nitrogens with one attached hydrogen (secondary N) is 1. The molecule has 0 aliphatic rings. The number of para-hydroxylation sites is 2. The number of fused-ring (bicyclic) bond motifs is 1. The highest BCUT2D eigenvalue weighted by atomic mass is 16.5. The van der Waals surface area contributed by atoms with E-state index in [0.717, 1.165) is 53.1 Å². The van der Waals surface area contributed by atoms with Gasteiger partial charge in [-0.3, -0.25) is 4.79 Å². The van der Waals surface area contributed by atoms with Crippen LogP contribution in [-0.4, -0.2) is 22.1 Å². The number of aryl methyl sites for hydroxylation is 1. The van der Waals surface area contributed by atoms with Crippen LogP contribution in [-0.2, 0) is 17.8 Å². The van der Waals surface area contributed by atoms with Gasteiger partial charge in [-0.05, 0) is 72.2 Å². The van der Waals surface area contributed by atoms with Crippen molar-refractivity contribution in [1.29, 1.82) is 0 Å². The molecular weight excluding hydrogens is 506 g/mol. The minimum absolute atomic E-state index is 0.0206. The molecule has 1 amide bonds. The van der Waals surface area contributed by atoms with Crippen molar-refractivity contribution in [2.45, 2.75) is 58.5 Å². The molecule has 5 rings (SSSR count). The lowest BCUT2D eigenvalue weighted by molar-refractivity contribution is -0.121. The number of carbonyl (C=O) groups excluding carboxylic acids is 1. The maximum absolute atomic E-state index is 13.0. The summed E-state index contributed by atoms with van der Waals surface area (Å²) in [7, 11) is 0. The van der Waals surface area contributed by atoms with Crippen LogP contribution < -0.4 is 10.1 Å². The average Bonchev–Trinajstić information content (AvgIpc) is 3.38. The van der Waals surface area contributed by atoms with E-state index in [0.29, 0.717) is 18.9 Å². The Morgan fingerprint density at radius 2 is 1.54 bits per heavy atom. The molecule has 0 fully saturated rings. The predicted molar refractivity (Wildman–Crippen MR) is 167 cm³/mol. The second-order valence-corrected chi connectivity index (χ2v) is 10.7. The van der Waals surface area contributed by atoms with Crippen molar-refractivity contribution in [3.63, 3.8) is 0 Å². The Labute approximate surface area is 243 Å². The van der Waals surface area contributed by atoms with Gasteiger partial charge in [-0.25, -0.2) is 4.98 Å². The van der Waals surface area contributed by atoms with Crippen molar-refractivity contribution in [1.82, 2.24) is 14.9 Å². The van der Waals surface area contributed by atoms with Crippen LogP contribution in [0.25, 0.3) is 22.2 Å². The molecule has 41 heavy (non-hydrogen) atoms. The number of imidazole rings is 1. The molecule has 210 valence electrons. The number of rotatable bonds is 12. The quantitative estimate of drug-likeness (QED) is 0.161. The molecule has 4 aromatic carbocycles. The summed E-state index contributed by atoms with van der Waals surface area (Å²) in [6.45, 7) is 7.81. The Bertz CT molecular complexity index is 1560. The predicted octanol–water partition coefficient (Wildman–Crippen LogP) is 8.11. The number of amides is 1. The van der Waals surface area contributed by atoms with E-state index >= 15 is 0 Å². The van der Waals surface area contributed by atoms with E-state index in [2.05, 4.69) is 78.3 Å². The van der Waals surface area contributed by atoms with Gasteiger partial charge < -0.3 is 14.6 Å². The van der Waals surface area contributed by atoms with E-state index < -0.39 is 0 Å². The molecular formula is C36H39N3O2. The van der Waals surface area contributed by atoms with Gasteiger partial charge in [-0.1, -0.05) is 92.7 Å². The Hall–Kier alpha value is -4.38. The zero-order valence-electron chi connectivity index (χ0n) is 24.2. The van der Waals surface area contributed by atoms with Crippen molar-refractivity contribution in [2.24, 2.45) is 0 Å². The van der Waals surface area contributed by atoms with Crippen LogP contribution in [0.1, 0.15) is 62.5 Å². The summed E-state index contributed by atoms with van der Waals surface area (Å²) in [5, 5.41) is 3.17. The molecule has 0 saturated carbocycles. The number of hydrogen-bond donors (Lipinski definition) is 1. The number of carbonyl (C=O) groups is 1. The molecule has 0 radical (unpaired) electrons. The highest BCUT2D eigenvalue weighted by Crippen LogP contribution is 2.24. The van der Waals surface area contributed by atoms with Crippen LogP contribution in [0.4, 0.5) is 0 Å². The van der Waals surface area contributed by atoms with E-state index in [1.54, 1.807) is 0 Å². The summed E-state index contributed by atoms with van der Waals surface area (Å²) in [6, 6.07) is 34.8. The van der Waals surface area contributed by atoms with Crippen molar-refractivity contribution in [3.8, 4) is 16.9 Å². The third kappa shape index (κ3) is 7.04. The standard InChI is InChI=1S/C36H39N3O2/c1-4-26(2)29-19-21-32(22-20-29)41-24-10-23-39-34-14-9-8-13-33(34)38-36(39)27(3)37-35(40)25-28-15-17-31(18-16-28)30-11-6-5-7-12-30/h5-9,11-22,26-27H,4,10,23-25H2,1-3H3,(H,37,40). The minimum Gasteiger partial charge on any atom is -0.494 e. The molecule has 2 unspecified atom stereocenters. The molecule has 5 aromatic rings. The molecule has 2 atom stereocenters. The first-order valence-electron chi connectivity index (χ1n) is 14.6. The van der Waals surface area contributed by atoms with Gasteiger partial charge >= 0.3 is 0 Å². The van der Waals surface area contributed by atoms with Crippen LogP contribution in [0.3, 0.4) is 0 Å². The summed E-state index contributed by atoms with van der Waals surface area (Å²) in [5.41, 5.74) is 6.64. The topological polar surface area (TPSA) is 56.1 Å².